The Kier molecular flexibility index (Phi) is 5.38. The molecule has 0 bridgehead atoms. The molecule has 2 aromatic rings. The Morgan fingerprint density at radius 1 is 0.853 bits per heavy atom. The van der Waals surface area contributed by atoms with Gasteiger partial charge in [-0.25, -0.2) is 9.59 Å². The fourth-order valence-electron chi connectivity index (χ4n) is 5.21. The van der Waals surface area contributed by atoms with Gasteiger partial charge in [0.1, 0.15) is 17.7 Å². The minimum atomic E-state index is -1.34. The molecule has 0 aliphatic heterocycles. The highest BCUT2D eigenvalue weighted by atomic mass is 16.5. The zero-order chi connectivity index (χ0) is 24.1. The number of benzene rings is 2. The Bertz CT molecular complexity index is 1110. The van der Waals surface area contributed by atoms with Crippen molar-refractivity contribution in [3.05, 3.63) is 59.7 Å². The van der Waals surface area contributed by atoms with E-state index in [4.69, 9.17) is 4.74 Å². The molecule has 0 spiro atoms. The van der Waals surface area contributed by atoms with Gasteiger partial charge in [0, 0.05) is 5.92 Å². The molecule has 0 radical (unpaired) electrons. The van der Waals surface area contributed by atoms with E-state index in [0.29, 0.717) is 0 Å². The quantitative estimate of drug-likeness (QED) is 0.549. The first-order valence-corrected chi connectivity index (χ1v) is 11.9. The maximum Gasteiger partial charge on any atom is 0.408 e. The van der Waals surface area contributed by atoms with Crippen molar-refractivity contribution in [1.82, 2.24) is 10.6 Å². The number of aliphatic carboxylic acids is 1. The number of carboxylic acids is 1. The van der Waals surface area contributed by atoms with Crippen LogP contribution in [0.2, 0.25) is 0 Å². The number of fused-ring (bicyclic) bond motifs is 3. The van der Waals surface area contributed by atoms with Crippen LogP contribution in [0.3, 0.4) is 0 Å². The number of alkyl carbamates (subject to hydrolysis) is 1. The van der Waals surface area contributed by atoms with Crippen LogP contribution in [0.4, 0.5) is 4.79 Å². The zero-order valence-electron chi connectivity index (χ0n) is 19.5. The van der Waals surface area contributed by atoms with Crippen LogP contribution < -0.4 is 10.6 Å². The standard InChI is InChI=1S/C27H30N2O5/c1-26(16-11-12-16,23(30)28-27(2,24(31)32)17-13-14-17)29-25(33)34-15-22-20-9-5-3-7-18(20)19-8-4-6-10-21(19)22/h3-10,16-17,22H,11-15H2,1-2H3,(H,28,30)(H,29,33)(H,31,32). The molecule has 0 heterocycles. The molecule has 2 aromatic carbocycles. The number of ether oxygens (including phenoxy) is 1. The Morgan fingerprint density at radius 3 is 1.85 bits per heavy atom. The lowest BCUT2D eigenvalue weighted by atomic mass is 9.90. The SMILES string of the molecule is CC(NC(=O)C(C)(NC(=O)OCC1c2ccccc2-c2ccccc21)C1CC1)(C(=O)O)C1CC1. The average molecular weight is 463 g/mol. The number of hydrogen-bond donors (Lipinski definition) is 3. The number of rotatable bonds is 8. The van der Waals surface area contributed by atoms with Gasteiger partial charge >= 0.3 is 12.1 Å². The van der Waals surface area contributed by atoms with E-state index in [0.717, 1.165) is 47.9 Å². The number of carbonyl (C=O) groups excluding carboxylic acids is 2. The topological polar surface area (TPSA) is 105 Å². The Balaban J connectivity index is 1.29. The van der Waals surface area contributed by atoms with E-state index in [9.17, 15) is 19.5 Å². The molecule has 3 aliphatic carbocycles. The predicted molar refractivity (Wildman–Crippen MR) is 126 cm³/mol. The molecule has 2 fully saturated rings. The van der Waals surface area contributed by atoms with E-state index in [-0.39, 0.29) is 24.4 Å². The second-order valence-corrected chi connectivity index (χ2v) is 10.2. The normalized spacial score (nSPS) is 20.3. The van der Waals surface area contributed by atoms with Gasteiger partial charge in [0.05, 0.1) is 0 Å². The van der Waals surface area contributed by atoms with Gasteiger partial charge in [0.15, 0.2) is 0 Å². The molecule has 0 aromatic heterocycles. The van der Waals surface area contributed by atoms with Crippen molar-refractivity contribution in [3.63, 3.8) is 0 Å². The molecular weight excluding hydrogens is 432 g/mol. The smallest absolute Gasteiger partial charge is 0.408 e. The van der Waals surface area contributed by atoms with Gasteiger partial charge in [-0.15, -0.1) is 0 Å². The molecular formula is C27H30N2O5. The van der Waals surface area contributed by atoms with Crippen LogP contribution in [0.15, 0.2) is 48.5 Å². The summed E-state index contributed by atoms with van der Waals surface area (Å²) in [6, 6.07) is 16.2. The summed E-state index contributed by atoms with van der Waals surface area (Å²) in [7, 11) is 0. The summed E-state index contributed by atoms with van der Waals surface area (Å²) >= 11 is 0. The van der Waals surface area contributed by atoms with Gasteiger partial charge in [-0.3, -0.25) is 4.79 Å². The van der Waals surface area contributed by atoms with Crippen LogP contribution in [0.25, 0.3) is 11.1 Å². The first-order valence-electron chi connectivity index (χ1n) is 11.9. The summed E-state index contributed by atoms with van der Waals surface area (Å²) in [4.78, 5) is 38.1. The third-order valence-corrected chi connectivity index (χ3v) is 7.78. The fourth-order valence-corrected chi connectivity index (χ4v) is 5.21. The van der Waals surface area contributed by atoms with Crippen molar-refractivity contribution >= 4 is 18.0 Å². The molecule has 7 nitrogen and oxygen atoms in total. The lowest BCUT2D eigenvalue weighted by Gasteiger charge is -2.34. The highest BCUT2D eigenvalue weighted by Gasteiger charge is 2.54. The van der Waals surface area contributed by atoms with Crippen LogP contribution in [-0.4, -0.2) is 40.8 Å². The van der Waals surface area contributed by atoms with E-state index in [1.165, 1.54) is 0 Å². The number of hydrogen-bond acceptors (Lipinski definition) is 4. The maximum absolute atomic E-state index is 13.3. The summed E-state index contributed by atoms with van der Waals surface area (Å²) in [5.74, 6) is -1.75. The average Bonchev–Trinajstić information content (AvgIpc) is 3.73. The lowest BCUT2D eigenvalue weighted by Crippen LogP contribution is -2.65. The van der Waals surface area contributed by atoms with E-state index in [1.54, 1.807) is 13.8 Å². The van der Waals surface area contributed by atoms with Crippen LogP contribution in [0.1, 0.15) is 56.6 Å². The molecule has 178 valence electrons. The Labute approximate surface area is 198 Å². The molecule has 0 saturated heterocycles. The van der Waals surface area contributed by atoms with Crippen molar-refractivity contribution in [3.8, 4) is 11.1 Å². The lowest BCUT2D eigenvalue weighted by molar-refractivity contribution is -0.149. The first kappa shape index (κ1) is 22.4. The van der Waals surface area contributed by atoms with Gasteiger partial charge in [-0.2, -0.15) is 0 Å². The number of nitrogens with one attached hydrogen (secondary N) is 2. The van der Waals surface area contributed by atoms with Crippen LogP contribution in [0, 0.1) is 11.8 Å². The summed E-state index contributed by atoms with van der Waals surface area (Å²) in [6.45, 7) is 3.36. The number of carbonyl (C=O) groups is 3. The molecule has 3 aliphatic rings. The minimum Gasteiger partial charge on any atom is -0.480 e. The highest BCUT2D eigenvalue weighted by molar-refractivity contribution is 5.94. The minimum absolute atomic E-state index is 0.0507. The van der Waals surface area contributed by atoms with Gasteiger partial charge in [-0.1, -0.05) is 48.5 Å². The number of carboxylic acid groups (broad SMARTS) is 1. The molecule has 2 saturated carbocycles. The predicted octanol–water partition coefficient (Wildman–Crippen LogP) is 4.06. The van der Waals surface area contributed by atoms with Gasteiger partial charge in [-0.05, 0) is 73.6 Å². The zero-order valence-corrected chi connectivity index (χ0v) is 19.5. The van der Waals surface area contributed by atoms with E-state index < -0.39 is 29.0 Å². The summed E-state index contributed by atoms with van der Waals surface area (Å²) in [5.41, 5.74) is 1.94. The van der Waals surface area contributed by atoms with Gasteiger partial charge in [0.2, 0.25) is 5.91 Å². The van der Waals surface area contributed by atoms with Crippen molar-refractivity contribution < 1.29 is 24.2 Å². The Hall–Kier alpha value is -3.35. The summed E-state index contributed by atoms with van der Waals surface area (Å²) in [5, 5.41) is 15.3. The second-order valence-electron chi connectivity index (χ2n) is 10.2. The van der Waals surface area contributed by atoms with Crippen molar-refractivity contribution in [2.24, 2.45) is 11.8 Å². The molecule has 2 amide bonds. The largest absolute Gasteiger partial charge is 0.480 e. The molecule has 5 rings (SSSR count). The third-order valence-electron chi connectivity index (χ3n) is 7.78. The van der Waals surface area contributed by atoms with E-state index >= 15 is 0 Å². The third kappa shape index (κ3) is 3.83. The number of amides is 2. The van der Waals surface area contributed by atoms with Crippen molar-refractivity contribution in [1.29, 1.82) is 0 Å². The Morgan fingerprint density at radius 2 is 1.35 bits per heavy atom. The monoisotopic (exact) mass is 462 g/mol. The van der Waals surface area contributed by atoms with E-state index in [2.05, 4.69) is 22.8 Å². The van der Waals surface area contributed by atoms with Crippen molar-refractivity contribution in [2.75, 3.05) is 6.61 Å². The summed E-state index contributed by atoms with van der Waals surface area (Å²) < 4.78 is 5.65. The molecule has 2 atom stereocenters. The molecule has 7 heteroatoms. The fraction of sp³-hybridized carbons (Fsp3) is 0.444. The van der Waals surface area contributed by atoms with Crippen LogP contribution in [-0.2, 0) is 14.3 Å². The highest BCUT2D eigenvalue weighted by Crippen LogP contribution is 2.45. The van der Waals surface area contributed by atoms with Crippen LogP contribution >= 0.6 is 0 Å². The molecule has 3 N–H and O–H groups in total. The van der Waals surface area contributed by atoms with Crippen LogP contribution in [0.5, 0.6) is 0 Å². The van der Waals surface area contributed by atoms with Gasteiger partial charge < -0.3 is 20.5 Å². The van der Waals surface area contributed by atoms with Crippen molar-refractivity contribution in [2.45, 2.75) is 56.5 Å². The maximum atomic E-state index is 13.3. The van der Waals surface area contributed by atoms with Gasteiger partial charge in [0.25, 0.3) is 0 Å². The first-order chi connectivity index (χ1) is 16.2. The molecule has 34 heavy (non-hydrogen) atoms. The second kappa shape index (κ2) is 8.15. The van der Waals surface area contributed by atoms with E-state index in [1.807, 2.05) is 36.4 Å². The molecule has 2 unspecified atom stereocenters. The summed E-state index contributed by atoms with van der Waals surface area (Å²) in [6.07, 6.45) is 2.45.